The first-order valence-electron chi connectivity index (χ1n) is 4.85. The van der Waals surface area contributed by atoms with Crippen molar-refractivity contribution in [3.63, 3.8) is 0 Å². The summed E-state index contributed by atoms with van der Waals surface area (Å²) in [5.74, 6) is 0.606. The number of hydrazine groups is 1. The van der Waals surface area contributed by atoms with Gasteiger partial charge in [0.1, 0.15) is 0 Å². The minimum absolute atomic E-state index is 0.309. The molecule has 13 heavy (non-hydrogen) atoms. The molecule has 0 bridgehead atoms. The van der Waals surface area contributed by atoms with Crippen molar-refractivity contribution in [2.75, 3.05) is 33.7 Å². The second kappa shape index (κ2) is 7.26. The summed E-state index contributed by atoms with van der Waals surface area (Å²) in [4.78, 5) is 0. The van der Waals surface area contributed by atoms with Crippen LogP contribution in [0, 0.1) is 5.92 Å². The van der Waals surface area contributed by atoms with E-state index in [1.54, 1.807) is 0 Å². The molecule has 1 atom stereocenters. The lowest BCUT2D eigenvalue weighted by Crippen LogP contribution is -2.45. The van der Waals surface area contributed by atoms with Crippen LogP contribution in [0.3, 0.4) is 0 Å². The molecule has 0 aliphatic rings. The molecule has 4 heteroatoms. The molecule has 0 aliphatic heterocycles. The smallest absolute Gasteiger partial charge is 0.0805 e. The van der Waals surface area contributed by atoms with Gasteiger partial charge in [-0.3, -0.25) is 5.43 Å². The van der Waals surface area contributed by atoms with Crippen molar-refractivity contribution in [2.24, 2.45) is 5.92 Å². The van der Waals surface area contributed by atoms with E-state index in [4.69, 9.17) is 0 Å². The maximum absolute atomic E-state index is 9.52. The minimum Gasteiger partial charge on any atom is -0.390 e. The fourth-order valence-corrected chi connectivity index (χ4v) is 1.25. The Kier molecular flexibility index (Phi) is 7.17. The summed E-state index contributed by atoms with van der Waals surface area (Å²) < 4.78 is 0. The second-order valence-electron chi connectivity index (χ2n) is 3.73. The number of aliphatic hydroxyl groups is 1. The summed E-state index contributed by atoms with van der Waals surface area (Å²) in [6.07, 6.45) is -0.309. The molecule has 0 radical (unpaired) electrons. The zero-order valence-corrected chi connectivity index (χ0v) is 9.17. The van der Waals surface area contributed by atoms with Gasteiger partial charge < -0.3 is 10.4 Å². The molecule has 0 aromatic rings. The van der Waals surface area contributed by atoms with Crippen LogP contribution >= 0.6 is 0 Å². The van der Waals surface area contributed by atoms with Gasteiger partial charge >= 0.3 is 0 Å². The zero-order chi connectivity index (χ0) is 10.3. The molecule has 4 nitrogen and oxygen atoms in total. The predicted molar refractivity (Wildman–Crippen MR) is 55.4 cm³/mol. The SMILES string of the molecule is CNC[C@@H](O)CN(CC(C)C)NC. The first kappa shape index (κ1) is 12.8. The maximum Gasteiger partial charge on any atom is 0.0805 e. The summed E-state index contributed by atoms with van der Waals surface area (Å²) in [6.45, 7) is 6.58. The van der Waals surface area contributed by atoms with Gasteiger partial charge in [0.05, 0.1) is 6.10 Å². The Morgan fingerprint density at radius 1 is 1.23 bits per heavy atom. The van der Waals surface area contributed by atoms with E-state index in [0.29, 0.717) is 19.0 Å². The van der Waals surface area contributed by atoms with Crippen molar-refractivity contribution in [2.45, 2.75) is 20.0 Å². The lowest BCUT2D eigenvalue weighted by Gasteiger charge is -2.25. The molecule has 0 aromatic carbocycles. The number of rotatable bonds is 7. The van der Waals surface area contributed by atoms with Crippen molar-refractivity contribution in [3.8, 4) is 0 Å². The number of aliphatic hydroxyl groups excluding tert-OH is 1. The Hall–Kier alpha value is -0.160. The lowest BCUT2D eigenvalue weighted by atomic mass is 10.2. The molecule has 0 fully saturated rings. The minimum atomic E-state index is -0.309. The van der Waals surface area contributed by atoms with E-state index in [-0.39, 0.29) is 6.10 Å². The highest BCUT2D eigenvalue weighted by molar-refractivity contribution is 4.63. The standard InChI is InChI=1S/C9H23N3O/c1-8(2)6-12(11-4)7-9(13)5-10-3/h8-11,13H,5-7H2,1-4H3/t9-/m1/s1. The Morgan fingerprint density at radius 3 is 2.23 bits per heavy atom. The fraction of sp³-hybridized carbons (Fsp3) is 1.00. The summed E-state index contributed by atoms with van der Waals surface area (Å²) in [7, 11) is 3.73. The molecule has 0 spiro atoms. The van der Waals surface area contributed by atoms with Gasteiger partial charge in [-0.2, -0.15) is 0 Å². The largest absolute Gasteiger partial charge is 0.390 e. The third kappa shape index (κ3) is 6.95. The third-order valence-corrected chi connectivity index (χ3v) is 1.77. The van der Waals surface area contributed by atoms with E-state index in [2.05, 4.69) is 24.6 Å². The molecule has 3 N–H and O–H groups in total. The Balaban J connectivity index is 3.69. The van der Waals surface area contributed by atoms with Crippen LogP contribution < -0.4 is 10.7 Å². The maximum atomic E-state index is 9.52. The number of hydrogen-bond acceptors (Lipinski definition) is 4. The number of likely N-dealkylation sites (N-methyl/N-ethyl adjacent to an activating group) is 1. The quantitative estimate of drug-likeness (QED) is 0.480. The molecule has 0 rings (SSSR count). The van der Waals surface area contributed by atoms with Crippen molar-refractivity contribution < 1.29 is 5.11 Å². The van der Waals surface area contributed by atoms with E-state index in [0.717, 1.165) is 6.54 Å². The predicted octanol–water partition coefficient (Wildman–Crippen LogP) is -0.341. The number of nitrogens with zero attached hydrogens (tertiary/aromatic N) is 1. The first-order valence-corrected chi connectivity index (χ1v) is 4.85. The molecule has 0 saturated heterocycles. The van der Waals surface area contributed by atoms with Crippen LogP contribution in [0.15, 0.2) is 0 Å². The molecule has 0 saturated carbocycles. The van der Waals surface area contributed by atoms with Crippen molar-refractivity contribution in [1.82, 2.24) is 15.8 Å². The molecule has 0 aliphatic carbocycles. The van der Waals surface area contributed by atoms with E-state index < -0.39 is 0 Å². The van der Waals surface area contributed by atoms with Gasteiger partial charge in [-0.25, -0.2) is 5.01 Å². The highest BCUT2D eigenvalue weighted by Crippen LogP contribution is 1.96. The Morgan fingerprint density at radius 2 is 1.85 bits per heavy atom. The monoisotopic (exact) mass is 189 g/mol. The summed E-state index contributed by atoms with van der Waals surface area (Å²) >= 11 is 0. The molecule has 0 unspecified atom stereocenters. The van der Waals surface area contributed by atoms with Gasteiger partial charge in [0.25, 0.3) is 0 Å². The van der Waals surface area contributed by atoms with Crippen LogP contribution in [0.5, 0.6) is 0 Å². The van der Waals surface area contributed by atoms with Crippen LogP contribution in [-0.4, -0.2) is 49.9 Å². The van der Waals surface area contributed by atoms with Crippen LogP contribution in [0.4, 0.5) is 0 Å². The van der Waals surface area contributed by atoms with Crippen molar-refractivity contribution in [1.29, 1.82) is 0 Å². The highest BCUT2D eigenvalue weighted by Gasteiger charge is 2.10. The average molecular weight is 189 g/mol. The molecule has 80 valence electrons. The van der Waals surface area contributed by atoms with Gasteiger partial charge in [0.2, 0.25) is 0 Å². The molecule has 0 amide bonds. The van der Waals surface area contributed by atoms with Crippen LogP contribution in [0.1, 0.15) is 13.8 Å². The van der Waals surface area contributed by atoms with E-state index in [9.17, 15) is 5.11 Å². The Labute approximate surface area is 81.3 Å². The summed E-state index contributed by atoms with van der Waals surface area (Å²) in [5, 5.41) is 14.5. The van der Waals surface area contributed by atoms with E-state index >= 15 is 0 Å². The van der Waals surface area contributed by atoms with Crippen molar-refractivity contribution >= 4 is 0 Å². The average Bonchev–Trinajstić information content (AvgIpc) is 2.02. The molecular formula is C9H23N3O. The van der Waals surface area contributed by atoms with Gasteiger partial charge in [0.15, 0.2) is 0 Å². The normalized spacial score (nSPS) is 14.1. The summed E-state index contributed by atoms with van der Waals surface area (Å²) in [6, 6.07) is 0. The third-order valence-electron chi connectivity index (χ3n) is 1.77. The number of nitrogens with one attached hydrogen (secondary N) is 2. The van der Waals surface area contributed by atoms with E-state index in [1.807, 2.05) is 19.1 Å². The van der Waals surface area contributed by atoms with Gasteiger partial charge in [-0.05, 0) is 20.0 Å². The van der Waals surface area contributed by atoms with E-state index in [1.165, 1.54) is 0 Å². The first-order chi connectivity index (χ1) is 6.10. The van der Waals surface area contributed by atoms with Crippen molar-refractivity contribution in [3.05, 3.63) is 0 Å². The molecule has 0 heterocycles. The molecular weight excluding hydrogens is 166 g/mol. The zero-order valence-electron chi connectivity index (χ0n) is 9.17. The highest BCUT2D eigenvalue weighted by atomic mass is 16.3. The van der Waals surface area contributed by atoms with Gasteiger partial charge in [0, 0.05) is 19.6 Å². The van der Waals surface area contributed by atoms with Gasteiger partial charge in [-0.15, -0.1) is 0 Å². The summed E-state index contributed by atoms with van der Waals surface area (Å²) in [5.41, 5.74) is 3.07. The fourth-order valence-electron chi connectivity index (χ4n) is 1.25. The van der Waals surface area contributed by atoms with Gasteiger partial charge in [-0.1, -0.05) is 13.8 Å². The second-order valence-corrected chi connectivity index (χ2v) is 3.73. The van der Waals surface area contributed by atoms with Crippen LogP contribution in [0.25, 0.3) is 0 Å². The topological polar surface area (TPSA) is 47.5 Å². The lowest BCUT2D eigenvalue weighted by molar-refractivity contribution is 0.0810. The molecule has 0 aromatic heterocycles. The number of hydrogen-bond donors (Lipinski definition) is 3. The Bertz CT molecular complexity index is 119. The van der Waals surface area contributed by atoms with Crippen LogP contribution in [0.2, 0.25) is 0 Å². The van der Waals surface area contributed by atoms with Crippen LogP contribution in [-0.2, 0) is 0 Å².